The van der Waals surface area contributed by atoms with Crippen molar-refractivity contribution in [1.29, 1.82) is 0 Å². The first-order chi connectivity index (χ1) is 9.90. The summed E-state index contributed by atoms with van der Waals surface area (Å²) in [7, 11) is 3.48. The summed E-state index contributed by atoms with van der Waals surface area (Å²) in [6, 6.07) is 7.44. The summed E-state index contributed by atoms with van der Waals surface area (Å²) < 4.78 is 0. The smallest absolute Gasteiger partial charge is 0.253 e. The van der Waals surface area contributed by atoms with Crippen LogP contribution in [0.3, 0.4) is 0 Å². The molecule has 0 fully saturated rings. The largest absolute Gasteiger partial charge is 0.370 e. The van der Waals surface area contributed by atoms with Gasteiger partial charge in [-0.05, 0) is 30.0 Å². The van der Waals surface area contributed by atoms with Crippen molar-refractivity contribution in [1.82, 2.24) is 10.2 Å². The minimum atomic E-state index is -0.0000766. The van der Waals surface area contributed by atoms with Gasteiger partial charge >= 0.3 is 0 Å². The first-order valence-corrected chi connectivity index (χ1v) is 7.24. The molecule has 0 aliphatic carbocycles. The third kappa shape index (κ3) is 6.29. The molecule has 0 saturated carbocycles. The van der Waals surface area contributed by atoms with Crippen LogP contribution in [0, 0.1) is 5.92 Å². The summed E-state index contributed by atoms with van der Waals surface area (Å²) in [5, 5.41) is 3.10. The number of nitrogens with one attached hydrogen (secondary N) is 1. The fourth-order valence-corrected chi connectivity index (χ4v) is 1.73. The van der Waals surface area contributed by atoms with Gasteiger partial charge in [0, 0.05) is 26.2 Å². The molecule has 1 rings (SSSR count). The number of carbonyl (C=O) groups is 1. The SMILES string of the molecule is CC(C)CCNC(N)=NCc1ccc(C(=O)N(C)C)cc1. The quantitative estimate of drug-likeness (QED) is 0.620. The highest BCUT2D eigenvalue weighted by atomic mass is 16.2. The summed E-state index contributed by atoms with van der Waals surface area (Å²) in [5.41, 5.74) is 7.51. The summed E-state index contributed by atoms with van der Waals surface area (Å²) >= 11 is 0. The van der Waals surface area contributed by atoms with Gasteiger partial charge in [0.1, 0.15) is 0 Å². The van der Waals surface area contributed by atoms with Crippen LogP contribution in [0.15, 0.2) is 29.3 Å². The zero-order valence-electron chi connectivity index (χ0n) is 13.4. The normalized spacial score (nSPS) is 11.6. The van der Waals surface area contributed by atoms with E-state index in [1.54, 1.807) is 19.0 Å². The van der Waals surface area contributed by atoms with Crippen molar-refractivity contribution in [2.75, 3.05) is 20.6 Å². The molecule has 0 unspecified atom stereocenters. The van der Waals surface area contributed by atoms with E-state index in [2.05, 4.69) is 24.2 Å². The van der Waals surface area contributed by atoms with Crippen LogP contribution in [0.25, 0.3) is 0 Å². The molecule has 5 nitrogen and oxygen atoms in total. The molecule has 3 N–H and O–H groups in total. The van der Waals surface area contributed by atoms with Gasteiger partial charge in [-0.3, -0.25) is 4.79 Å². The van der Waals surface area contributed by atoms with E-state index in [1.165, 1.54) is 0 Å². The lowest BCUT2D eigenvalue weighted by molar-refractivity contribution is 0.0827. The Bertz CT molecular complexity index is 478. The topological polar surface area (TPSA) is 70.7 Å². The predicted octanol–water partition coefficient (Wildman–Crippen LogP) is 1.84. The second kappa shape index (κ2) is 8.29. The van der Waals surface area contributed by atoms with E-state index in [-0.39, 0.29) is 5.91 Å². The van der Waals surface area contributed by atoms with Gasteiger partial charge in [0.15, 0.2) is 5.96 Å². The minimum absolute atomic E-state index is 0.0000766. The molecule has 0 spiro atoms. The molecule has 116 valence electrons. The first-order valence-electron chi connectivity index (χ1n) is 7.24. The van der Waals surface area contributed by atoms with Crippen molar-refractivity contribution in [3.8, 4) is 0 Å². The van der Waals surface area contributed by atoms with E-state index in [4.69, 9.17) is 5.73 Å². The van der Waals surface area contributed by atoms with Gasteiger partial charge < -0.3 is 16.0 Å². The molecule has 21 heavy (non-hydrogen) atoms. The monoisotopic (exact) mass is 290 g/mol. The molecule has 0 heterocycles. The Labute approximate surface area is 127 Å². The Morgan fingerprint density at radius 1 is 1.29 bits per heavy atom. The summed E-state index contributed by atoms with van der Waals surface area (Å²) in [4.78, 5) is 17.6. The van der Waals surface area contributed by atoms with Crippen LogP contribution in [0.1, 0.15) is 36.2 Å². The molecule has 1 aromatic rings. The third-order valence-corrected chi connectivity index (χ3v) is 3.07. The second-order valence-corrected chi connectivity index (χ2v) is 5.71. The highest BCUT2D eigenvalue weighted by Crippen LogP contribution is 2.07. The number of benzene rings is 1. The summed E-state index contributed by atoms with van der Waals surface area (Å²) in [5.74, 6) is 1.11. The maximum absolute atomic E-state index is 11.8. The number of aliphatic imine (C=N–C) groups is 1. The van der Waals surface area contributed by atoms with Gasteiger partial charge in [-0.1, -0.05) is 26.0 Å². The molecule has 0 atom stereocenters. The van der Waals surface area contributed by atoms with Crippen molar-refractivity contribution in [3.05, 3.63) is 35.4 Å². The number of nitrogens with zero attached hydrogens (tertiary/aromatic N) is 2. The molecule has 0 aromatic heterocycles. The van der Waals surface area contributed by atoms with Crippen molar-refractivity contribution < 1.29 is 4.79 Å². The zero-order valence-corrected chi connectivity index (χ0v) is 13.4. The standard InChI is InChI=1S/C16H26N4O/c1-12(2)9-10-18-16(17)19-11-13-5-7-14(8-6-13)15(21)20(3)4/h5-8,12H,9-11H2,1-4H3,(H3,17,18,19). The Balaban J connectivity index is 2.50. The highest BCUT2D eigenvalue weighted by molar-refractivity contribution is 5.93. The first kappa shape index (κ1) is 17.0. The van der Waals surface area contributed by atoms with Gasteiger partial charge in [-0.15, -0.1) is 0 Å². The van der Waals surface area contributed by atoms with E-state index in [1.807, 2.05) is 24.3 Å². The Kier molecular flexibility index (Phi) is 6.72. The number of carbonyl (C=O) groups excluding carboxylic acids is 1. The van der Waals surface area contributed by atoms with Crippen LogP contribution in [0.4, 0.5) is 0 Å². The predicted molar refractivity (Wildman–Crippen MR) is 87.2 cm³/mol. The molecular weight excluding hydrogens is 264 g/mol. The maximum atomic E-state index is 11.8. The second-order valence-electron chi connectivity index (χ2n) is 5.71. The molecule has 1 amide bonds. The van der Waals surface area contributed by atoms with Gasteiger partial charge in [-0.2, -0.15) is 0 Å². The lowest BCUT2D eigenvalue weighted by Crippen LogP contribution is -2.32. The number of guanidine groups is 1. The van der Waals surface area contributed by atoms with Crippen LogP contribution in [0.2, 0.25) is 0 Å². The molecule has 0 aliphatic heterocycles. The summed E-state index contributed by atoms with van der Waals surface area (Å²) in [6.45, 7) is 5.69. The molecule has 0 aliphatic rings. The van der Waals surface area contributed by atoms with E-state index < -0.39 is 0 Å². The Morgan fingerprint density at radius 3 is 2.43 bits per heavy atom. The molecule has 0 radical (unpaired) electrons. The van der Waals surface area contributed by atoms with Crippen molar-refractivity contribution in [2.24, 2.45) is 16.6 Å². The van der Waals surface area contributed by atoms with Crippen LogP contribution in [0.5, 0.6) is 0 Å². The third-order valence-electron chi connectivity index (χ3n) is 3.07. The Hall–Kier alpha value is -2.04. The van der Waals surface area contributed by atoms with Gasteiger partial charge in [0.2, 0.25) is 0 Å². The van der Waals surface area contributed by atoms with Gasteiger partial charge in [-0.25, -0.2) is 4.99 Å². The van der Waals surface area contributed by atoms with Gasteiger partial charge in [0.05, 0.1) is 6.54 Å². The lowest BCUT2D eigenvalue weighted by Gasteiger charge is -2.10. The number of hydrogen-bond acceptors (Lipinski definition) is 2. The van der Waals surface area contributed by atoms with Crippen molar-refractivity contribution in [3.63, 3.8) is 0 Å². The van der Waals surface area contributed by atoms with Crippen LogP contribution < -0.4 is 11.1 Å². The molecule has 5 heteroatoms. The zero-order chi connectivity index (χ0) is 15.8. The van der Waals surface area contributed by atoms with E-state index >= 15 is 0 Å². The molecule has 0 bridgehead atoms. The van der Waals surface area contributed by atoms with Gasteiger partial charge in [0.25, 0.3) is 5.91 Å². The van der Waals surface area contributed by atoms with Crippen LogP contribution in [-0.2, 0) is 6.54 Å². The summed E-state index contributed by atoms with van der Waals surface area (Å²) in [6.07, 6.45) is 1.07. The van der Waals surface area contributed by atoms with Crippen molar-refractivity contribution >= 4 is 11.9 Å². The number of nitrogens with two attached hydrogens (primary N) is 1. The minimum Gasteiger partial charge on any atom is -0.370 e. The number of rotatable bonds is 6. The highest BCUT2D eigenvalue weighted by Gasteiger charge is 2.06. The number of hydrogen-bond donors (Lipinski definition) is 2. The Morgan fingerprint density at radius 2 is 1.90 bits per heavy atom. The van der Waals surface area contributed by atoms with Crippen molar-refractivity contribution in [2.45, 2.75) is 26.8 Å². The number of amides is 1. The average molecular weight is 290 g/mol. The fourth-order valence-electron chi connectivity index (χ4n) is 1.73. The lowest BCUT2D eigenvalue weighted by atomic mass is 10.1. The molecule has 0 saturated heterocycles. The molecule has 1 aromatic carbocycles. The fraction of sp³-hybridized carbons (Fsp3) is 0.500. The maximum Gasteiger partial charge on any atom is 0.253 e. The van der Waals surface area contributed by atoms with E-state index in [0.29, 0.717) is 24.0 Å². The van der Waals surface area contributed by atoms with Crippen LogP contribution >= 0.6 is 0 Å². The molecular formula is C16H26N4O. The van der Waals surface area contributed by atoms with E-state index in [0.717, 1.165) is 18.5 Å². The van der Waals surface area contributed by atoms with E-state index in [9.17, 15) is 4.79 Å². The average Bonchev–Trinajstić information content (AvgIpc) is 2.44. The van der Waals surface area contributed by atoms with Crippen LogP contribution in [-0.4, -0.2) is 37.4 Å².